The Labute approximate surface area is 152 Å². The highest BCUT2D eigenvalue weighted by molar-refractivity contribution is 6.04. The first-order chi connectivity index (χ1) is 12.7. The summed E-state index contributed by atoms with van der Waals surface area (Å²) in [5.41, 5.74) is 0.956. The van der Waals surface area contributed by atoms with Crippen molar-refractivity contribution in [3.8, 4) is 11.5 Å². The third-order valence-corrected chi connectivity index (χ3v) is 3.97. The maximum atomic E-state index is 13.0. The molecule has 0 spiro atoms. The predicted octanol–water partition coefficient (Wildman–Crippen LogP) is 4.03. The van der Waals surface area contributed by atoms with Gasteiger partial charge in [0, 0.05) is 17.9 Å². The van der Waals surface area contributed by atoms with Gasteiger partial charge in [-0.05, 0) is 48.9 Å². The Morgan fingerprint density at radius 1 is 1.23 bits per heavy atom. The van der Waals surface area contributed by atoms with E-state index in [4.69, 9.17) is 14.2 Å². The lowest BCUT2D eigenvalue weighted by molar-refractivity contribution is 0.00805. The zero-order chi connectivity index (χ0) is 18.4. The van der Waals surface area contributed by atoms with Crippen LogP contribution in [0.3, 0.4) is 0 Å². The minimum absolute atomic E-state index is 0.199. The van der Waals surface area contributed by atoms with Gasteiger partial charge in [-0.15, -0.1) is 0 Å². The van der Waals surface area contributed by atoms with Gasteiger partial charge < -0.3 is 19.5 Å². The predicted molar refractivity (Wildman–Crippen MR) is 96.4 cm³/mol. The molecule has 138 valence electrons. The summed E-state index contributed by atoms with van der Waals surface area (Å²) in [7, 11) is 0. The lowest BCUT2D eigenvalue weighted by atomic mass is 10.1. The van der Waals surface area contributed by atoms with Crippen LogP contribution in [0.25, 0.3) is 0 Å². The molecule has 1 aliphatic heterocycles. The topological polar surface area (TPSA) is 56.8 Å². The van der Waals surface area contributed by atoms with Crippen molar-refractivity contribution in [2.75, 3.05) is 25.1 Å². The molecular formula is C20H22FNO4. The van der Waals surface area contributed by atoms with Crippen molar-refractivity contribution in [3.63, 3.8) is 0 Å². The van der Waals surface area contributed by atoms with Crippen molar-refractivity contribution in [3.05, 3.63) is 53.8 Å². The number of amides is 1. The summed E-state index contributed by atoms with van der Waals surface area (Å²) in [6.45, 7) is 3.67. The van der Waals surface area contributed by atoms with Crippen molar-refractivity contribution in [2.45, 2.75) is 25.9 Å². The first-order valence-electron chi connectivity index (χ1n) is 8.74. The molecule has 5 nitrogen and oxygen atoms in total. The molecule has 26 heavy (non-hydrogen) atoms. The molecule has 1 N–H and O–H groups in total. The van der Waals surface area contributed by atoms with E-state index in [1.165, 1.54) is 24.3 Å². The number of unbranched alkanes of at least 4 members (excludes halogenated alkanes) is 1. The summed E-state index contributed by atoms with van der Waals surface area (Å²) < 4.78 is 30.1. The molecule has 0 saturated heterocycles. The van der Waals surface area contributed by atoms with Crippen molar-refractivity contribution >= 4 is 11.6 Å². The second-order valence-corrected chi connectivity index (χ2v) is 6.10. The van der Waals surface area contributed by atoms with Crippen LogP contribution >= 0.6 is 0 Å². The van der Waals surface area contributed by atoms with Crippen LogP contribution in [0.5, 0.6) is 11.5 Å². The zero-order valence-corrected chi connectivity index (χ0v) is 14.7. The molecule has 1 atom stereocenters. The van der Waals surface area contributed by atoms with Gasteiger partial charge in [0.05, 0.1) is 6.61 Å². The Bertz CT molecular complexity index is 748. The third kappa shape index (κ3) is 4.73. The molecule has 0 aromatic heterocycles. The molecule has 1 unspecified atom stereocenters. The Kier molecular flexibility index (Phi) is 6.07. The maximum Gasteiger partial charge on any atom is 0.255 e. The summed E-state index contributed by atoms with van der Waals surface area (Å²) in [5, 5.41) is 2.73. The van der Waals surface area contributed by atoms with Gasteiger partial charge in [-0.25, -0.2) is 4.39 Å². The van der Waals surface area contributed by atoms with Gasteiger partial charge in [-0.1, -0.05) is 13.3 Å². The number of fused-ring (bicyclic) bond motifs is 1. The van der Waals surface area contributed by atoms with Gasteiger partial charge in [-0.2, -0.15) is 0 Å². The van der Waals surface area contributed by atoms with Crippen LogP contribution < -0.4 is 14.8 Å². The molecule has 0 radical (unpaired) electrons. The van der Waals surface area contributed by atoms with Crippen LogP contribution in [0.1, 0.15) is 30.1 Å². The summed E-state index contributed by atoms with van der Waals surface area (Å²) in [6.07, 6.45) is 1.89. The van der Waals surface area contributed by atoms with Crippen LogP contribution in [-0.4, -0.2) is 31.8 Å². The molecule has 0 saturated carbocycles. The number of hydrogen-bond donors (Lipinski definition) is 1. The normalized spacial score (nSPS) is 15.5. The second-order valence-electron chi connectivity index (χ2n) is 6.10. The van der Waals surface area contributed by atoms with E-state index in [0.29, 0.717) is 42.6 Å². The molecule has 0 aliphatic carbocycles. The van der Waals surface area contributed by atoms with Crippen molar-refractivity contribution in [1.29, 1.82) is 0 Å². The minimum atomic E-state index is -0.352. The van der Waals surface area contributed by atoms with Gasteiger partial charge in [0.2, 0.25) is 0 Å². The van der Waals surface area contributed by atoms with Crippen LogP contribution in [-0.2, 0) is 4.74 Å². The van der Waals surface area contributed by atoms with Gasteiger partial charge in [0.1, 0.15) is 12.4 Å². The second kappa shape index (κ2) is 8.67. The molecule has 1 amide bonds. The Morgan fingerprint density at radius 2 is 2.04 bits per heavy atom. The summed E-state index contributed by atoms with van der Waals surface area (Å²) >= 11 is 0. The average Bonchev–Trinajstić information content (AvgIpc) is 2.66. The third-order valence-electron chi connectivity index (χ3n) is 3.97. The number of halogens is 1. The smallest absolute Gasteiger partial charge is 0.255 e. The van der Waals surface area contributed by atoms with E-state index in [0.717, 1.165) is 12.8 Å². The van der Waals surface area contributed by atoms with Gasteiger partial charge in [0.15, 0.2) is 17.6 Å². The standard InChI is InChI=1S/C20H22FNO4/c1-2-3-10-24-12-17-13-25-18-9-4-14(11-19(18)26-17)20(23)22-16-7-5-15(21)6-8-16/h4-9,11,17H,2-3,10,12-13H2,1H3,(H,22,23). The Hall–Kier alpha value is -2.60. The van der Waals surface area contributed by atoms with E-state index < -0.39 is 0 Å². The summed E-state index contributed by atoms with van der Waals surface area (Å²) in [4.78, 5) is 12.4. The van der Waals surface area contributed by atoms with Crippen LogP contribution in [0.15, 0.2) is 42.5 Å². The number of rotatable bonds is 7. The van der Waals surface area contributed by atoms with Crippen LogP contribution in [0.2, 0.25) is 0 Å². The quantitative estimate of drug-likeness (QED) is 0.758. The lowest BCUT2D eigenvalue weighted by Gasteiger charge is -2.26. The number of carbonyl (C=O) groups excluding carboxylic acids is 1. The molecule has 3 rings (SSSR count). The molecule has 6 heteroatoms. The van der Waals surface area contributed by atoms with E-state index >= 15 is 0 Å². The van der Waals surface area contributed by atoms with E-state index in [2.05, 4.69) is 12.2 Å². The van der Waals surface area contributed by atoms with Gasteiger partial charge >= 0.3 is 0 Å². The maximum absolute atomic E-state index is 13.0. The molecule has 1 heterocycles. The first-order valence-corrected chi connectivity index (χ1v) is 8.74. The Morgan fingerprint density at radius 3 is 2.81 bits per heavy atom. The van der Waals surface area contributed by atoms with E-state index in [1.54, 1.807) is 18.2 Å². The van der Waals surface area contributed by atoms with E-state index in [-0.39, 0.29) is 17.8 Å². The van der Waals surface area contributed by atoms with Crippen molar-refractivity contribution in [2.24, 2.45) is 0 Å². The molecule has 2 aromatic rings. The van der Waals surface area contributed by atoms with Crippen molar-refractivity contribution in [1.82, 2.24) is 0 Å². The molecule has 2 aromatic carbocycles. The fourth-order valence-corrected chi connectivity index (χ4v) is 2.54. The molecule has 0 fully saturated rings. The highest BCUT2D eigenvalue weighted by atomic mass is 19.1. The SMILES string of the molecule is CCCCOCC1COc2ccc(C(=O)Nc3ccc(F)cc3)cc2O1. The van der Waals surface area contributed by atoms with Crippen LogP contribution in [0.4, 0.5) is 10.1 Å². The van der Waals surface area contributed by atoms with Gasteiger partial charge in [0.25, 0.3) is 5.91 Å². The number of hydrogen-bond acceptors (Lipinski definition) is 4. The average molecular weight is 359 g/mol. The lowest BCUT2D eigenvalue weighted by Crippen LogP contribution is -2.33. The first kappa shape index (κ1) is 18.2. The Balaban J connectivity index is 1.62. The number of ether oxygens (including phenoxy) is 3. The minimum Gasteiger partial charge on any atom is -0.486 e. The highest BCUT2D eigenvalue weighted by Crippen LogP contribution is 2.33. The number of nitrogens with one attached hydrogen (secondary N) is 1. The highest BCUT2D eigenvalue weighted by Gasteiger charge is 2.22. The fraction of sp³-hybridized carbons (Fsp3) is 0.350. The van der Waals surface area contributed by atoms with Crippen molar-refractivity contribution < 1.29 is 23.4 Å². The fourth-order valence-electron chi connectivity index (χ4n) is 2.54. The monoisotopic (exact) mass is 359 g/mol. The number of benzene rings is 2. The largest absolute Gasteiger partial charge is 0.486 e. The number of anilines is 1. The molecule has 1 aliphatic rings. The van der Waals surface area contributed by atoms with Gasteiger partial charge in [-0.3, -0.25) is 4.79 Å². The number of carbonyl (C=O) groups is 1. The summed E-state index contributed by atoms with van der Waals surface area (Å²) in [6, 6.07) is 10.6. The molecular weight excluding hydrogens is 337 g/mol. The zero-order valence-electron chi connectivity index (χ0n) is 14.7. The van der Waals surface area contributed by atoms with Crippen LogP contribution in [0, 0.1) is 5.82 Å². The van der Waals surface area contributed by atoms with E-state index in [1.807, 2.05) is 0 Å². The molecule has 0 bridgehead atoms. The summed E-state index contributed by atoms with van der Waals surface area (Å²) in [5.74, 6) is 0.471. The van der Waals surface area contributed by atoms with E-state index in [9.17, 15) is 9.18 Å².